The van der Waals surface area contributed by atoms with Crippen LogP contribution in [0, 0.1) is 0 Å². The third-order valence-electron chi connectivity index (χ3n) is 2.01. The van der Waals surface area contributed by atoms with Gasteiger partial charge in [0.25, 0.3) is 0 Å². The highest BCUT2D eigenvalue weighted by molar-refractivity contribution is 7.99. The van der Waals surface area contributed by atoms with Crippen LogP contribution < -0.4 is 5.32 Å². The summed E-state index contributed by atoms with van der Waals surface area (Å²) in [6.07, 6.45) is 5.26. The topological polar surface area (TPSA) is 84.2 Å². The number of rotatable bonds is 7. The minimum Gasteiger partial charge on any atom is -0.480 e. The fraction of sp³-hybridized carbons (Fsp3) is 0.500. The van der Waals surface area contributed by atoms with Crippen molar-refractivity contribution >= 4 is 23.6 Å². The smallest absolute Gasteiger partial charge is 0.327 e. The van der Waals surface area contributed by atoms with Gasteiger partial charge in [0.05, 0.1) is 6.33 Å². The maximum Gasteiger partial charge on any atom is 0.327 e. The van der Waals surface area contributed by atoms with Gasteiger partial charge in [-0.25, -0.2) is 9.78 Å². The van der Waals surface area contributed by atoms with E-state index in [1.165, 1.54) is 18.7 Å². The molecule has 1 aromatic rings. The van der Waals surface area contributed by atoms with Crippen molar-refractivity contribution in [1.82, 2.24) is 14.9 Å². The van der Waals surface area contributed by atoms with Crippen LogP contribution in [0.4, 0.5) is 0 Å². The Morgan fingerprint density at radius 3 is 2.88 bits per heavy atom. The molecule has 0 saturated heterocycles. The number of carbonyl (C=O) groups is 2. The maximum atomic E-state index is 10.8. The highest BCUT2D eigenvalue weighted by Crippen LogP contribution is 2.04. The molecule has 0 unspecified atom stereocenters. The molecule has 1 heterocycles. The van der Waals surface area contributed by atoms with Crippen LogP contribution >= 0.6 is 11.8 Å². The Morgan fingerprint density at radius 1 is 1.59 bits per heavy atom. The number of nitrogens with one attached hydrogen (secondary N) is 1. The van der Waals surface area contributed by atoms with Crippen molar-refractivity contribution < 1.29 is 14.7 Å². The Kier molecular flexibility index (Phi) is 5.55. The van der Waals surface area contributed by atoms with E-state index in [1.54, 1.807) is 12.5 Å². The number of amides is 1. The molecule has 0 radical (unpaired) electrons. The van der Waals surface area contributed by atoms with E-state index in [0.29, 0.717) is 5.75 Å². The molecule has 0 saturated carbocycles. The van der Waals surface area contributed by atoms with Crippen LogP contribution in [-0.2, 0) is 16.1 Å². The fourth-order valence-corrected chi connectivity index (χ4v) is 2.18. The SMILES string of the molecule is CC(=O)N[C@@H](CSCCn1ccnc1)C(=O)O. The molecule has 0 bridgehead atoms. The summed E-state index contributed by atoms with van der Waals surface area (Å²) in [6, 6.07) is -0.819. The van der Waals surface area contributed by atoms with Gasteiger partial charge in [0.1, 0.15) is 6.04 Å². The lowest BCUT2D eigenvalue weighted by Gasteiger charge is -2.12. The average molecular weight is 257 g/mol. The van der Waals surface area contributed by atoms with Gasteiger partial charge in [-0.2, -0.15) is 11.8 Å². The van der Waals surface area contributed by atoms with Crippen LogP contribution in [0.5, 0.6) is 0 Å². The Balaban J connectivity index is 2.23. The number of carboxylic acid groups (broad SMARTS) is 1. The van der Waals surface area contributed by atoms with Crippen LogP contribution in [0.1, 0.15) is 6.92 Å². The van der Waals surface area contributed by atoms with E-state index in [1.807, 2.05) is 10.8 Å². The largest absolute Gasteiger partial charge is 0.480 e. The highest BCUT2D eigenvalue weighted by Gasteiger charge is 2.17. The van der Waals surface area contributed by atoms with Gasteiger partial charge in [-0.1, -0.05) is 0 Å². The monoisotopic (exact) mass is 257 g/mol. The lowest BCUT2D eigenvalue weighted by molar-refractivity contribution is -0.140. The zero-order chi connectivity index (χ0) is 12.7. The van der Waals surface area contributed by atoms with Gasteiger partial charge in [-0.05, 0) is 0 Å². The molecule has 0 aliphatic heterocycles. The van der Waals surface area contributed by atoms with Crippen molar-refractivity contribution in [3.63, 3.8) is 0 Å². The molecule has 1 aromatic heterocycles. The van der Waals surface area contributed by atoms with Crippen molar-refractivity contribution in [2.75, 3.05) is 11.5 Å². The molecule has 0 aliphatic rings. The van der Waals surface area contributed by atoms with Gasteiger partial charge >= 0.3 is 5.97 Å². The predicted octanol–water partition coefficient (Wildman–Crippen LogP) is 0.206. The molecule has 0 spiro atoms. The van der Waals surface area contributed by atoms with E-state index in [2.05, 4.69) is 10.3 Å². The average Bonchev–Trinajstić information content (AvgIpc) is 2.74. The van der Waals surface area contributed by atoms with Crippen molar-refractivity contribution in [1.29, 1.82) is 0 Å². The summed E-state index contributed by atoms with van der Waals surface area (Å²) in [7, 11) is 0. The standard InChI is InChI=1S/C10H15N3O3S/c1-8(14)12-9(10(15)16)6-17-5-4-13-3-2-11-7-13/h2-3,7,9H,4-6H2,1H3,(H,12,14)(H,15,16)/t9-/m0/s1. The summed E-state index contributed by atoms with van der Waals surface area (Å²) < 4.78 is 1.92. The van der Waals surface area contributed by atoms with E-state index in [-0.39, 0.29) is 5.91 Å². The summed E-state index contributed by atoms with van der Waals surface area (Å²) in [5, 5.41) is 11.3. The Hall–Kier alpha value is -1.50. The van der Waals surface area contributed by atoms with Gasteiger partial charge in [0.15, 0.2) is 0 Å². The quantitative estimate of drug-likeness (QED) is 0.682. The van der Waals surface area contributed by atoms with Crippen LogP contribution in [0.2, 0.25) is 0 Å². The van der Waals surface area contributed by atoms with Crippen LogP contribution in [-0.4, -0.2) is 44.1 Å². The van der Waals surface area contributed by atoms with Gasteiger partial charge in [-0.15, -0.1) is 0 Å². The molecule has 6 nitrogen and oxygen atoms in total. The molecule has 1 amide bonds. The van der Waals surface area contributed by atoms with E-state index in [0.717, 1.165) is 12.3 Å². The lowest BCUT2D eigenvalue weighted by Crippen LogP contribution is -2.41. The van der Waals surface area contributed by atoms with Gasteiger partial charge in [0.2, 0.25) is 5.91 Å². The number of carbonyl (C=O) groups excluding carboxylic acids is 1. The first kappa shape index (κ1) is 13.6. The maximum absolute atomic E-state index is 10.8. The number of aromatic nitrogens is 2. The molecular formula is C10H15N3O3S. The number of thioether (sulfide) groups is 1. The molecule has 1 atom stereocenters. The van der Waals surface area contributed by atoms with Crippen LogP contribution in [0.25, 0.3) is 0 Å². The molecule has 0 fully saturated rings. The number of hydrogen-bond acceptors (Lipinski definition) is 4. The zero-order valence-electron chi connectivity index (χ0n) is 9.50. The minimum atomic E-state index is -1.00. The number of aliphatic carboxylic acids is 1. The third-order valence-corrected chi connectivity index (χ3v) is 3.05. The summed E-state index contributed by atoms with van der Waals surface area (Å²) >= 11 is 1.49. The molecular weight excluding hydrogens is 242 g/mol. The number of aryl methyl sites for hydroxylation is 1. The molecule has 7 heteroatoms. The van der Waals surface area contributed by atoms with E-state index in [9.17, 15) is 9.59 Å². The summed E-state index contributed by atoms with van der Waals surface area (Å²) in [6.45, 7) is 2.09. The number of hydrogen-bond donors (Lipinski definition) is 2. The summed E-state index contributed by atoms with van der Waals surface area (Å²) in [5.41, 5.74) is 0. The van der Waals surface area contributed by atoms with E-state index in [4.69, 9.17) is 5.11 Å². The second-order valence-electron chi connectivity index (χ2n) is 3.47. The van der Waals surface area contributed by atoms with Crippen LogP contribution in [0.3, 0.4) is 0 Å². The third kappa shape index (κ3) is 5.39. The van der Waals surface area contributed by atoms with Crippen LogP contribution in [0.15, 0.2) is 18.7 Å². The van der Waals surface area contributed by atoms with Gasteiger partial charge < -0.3 is 15.0 Å². The van der Waals surface area contributed by atoms with Crippen molar-refractivity contribution in [3.8, 4) is 0 Å². The zero-order valence-corrected chi connectivity index (χ0v) is 10.3. The fourth-order valence-electron chi connectivity index (χ4n) is 1.21. The molecule has 94 valence electrons. The summed E-state index contributed by atoms with van der Waals surface area (Å²) in [4.78, 5) is 25.5. The van der Waals surface area contributed by atoms with Gasteiger partial charge in [0, 0.05) is 37.4 Å². The van der Waals surface area contributed by atoms with Crippen molar-refractivity contribution in [3.05, 3.63) is 18.7 Å². The molecule has 17 heavy (non-hydrogen) atoms. The highest BCUT2D eigenvalue weighted by atomic mass is 32.2. The second kappa shape index (κ2) is 6.95. The first-order valence-corrected chi connectivity index (χ1v) is 6.28. The molecule has 2 N–H and O–H groups in total. The molecule has 0 aliphatic carbocycles. The predicted molar refractivity (Wildman–Crippen MR) is 64.8 cm³/mol. The number of nitrogens with zero attached hydrogens (tertiary/aromatic N) is 2. The lowest BCUT2D eigenvalue weighted by atomic mass is 10.3. The Morgan fingerprint density at radius 2 is 2.35 bits per heavy atom. The van der Waals surface area contributed by atoms with E-state index < -0.39 is 12.0 Å². The number of carboxylic acids is 1. The minimum absolute atomic E-state index is 0.326. The molecule has 0 aromatic carbocycles. The summed E-state index contributed by atoms with van der Waals surface area (Å²) in [5.74, 6) is -0.188. The van der Waals surface area contributed by atoms with Gasteiger partial charge in [-0.3, -0.25) is 4.79 Å². The first-order chi connectivity index (χ1) is 8.09. The van der Waals surface area contributed by atoms with Crippen molar-refractivity contribution in [2.24, 2.45) is 0 Å². The molecule has 1 rings (SSSR count). The van der Waals surface area contributed by atoms with Crippen molar-refractivity contribution in [2.45, 2.75) is 19.5 Å². The normalized spacial score (nSPS) is 12.1. The first-order valence-electron chi connectivity index (χ1n) is 5.13. The van der Waals surface area contributed by atoms with E-state index >= 15 is 0 Å². The number of imidazole rings is 1. The Labute approximate surface area is 103 Å². The second-order valence-corrected chi connectivity index (χ2v) is 4.62. The Bertz CT molecular complexity index is 367.